The lowest BCUT2D eigenvalue weighted by Gasteiger charge is -2.37. The first kappa shape index (κ1) is 18.5. The van der Waals surface area contributed by atoms with Gasteiger partial charge in [-0.05, 0) is 31.7 Å². The molecule has 1 amide bonds. The molecular weight excluding hydrogens is 312 g/mol. The largest absolute Gasteiger partial charge is 0.351 e. The summed E-state index contributed by atoms with van der Waals surface area (Å²) < 4.78 is 27.0. The standard InChI is InChI=1S/C18H25F2N3O/c1-3-22-9-11-23(12-10-22)14(2)13-21-18(24)8-7-15-16(19)5-4-6-17(15)20/h4-8,14H,3,9-13H2,1-2H3,(H,21,24)/b8-7+/t14-/m1/s1. The van der Waals surface area contributed by atoms with Gasteiger partial charge in [-0.25, -0.2) is 8.78 Å². The van der Waals surface area contributed by atoms with E-state index in [1.807, 2.05) is 0 Å². The summed E-state index contributed by atoms with van der Waals surface area (Å²) in [7, 11) is 0. The third kappa shape index (κ3) is 5.11. The van der Waals surface area contributed by atoms with E-state index in [1.54, 1.807) is 0 Å². The van der Waals surface area contributed by atoms with Gasteiger partial charge in [-0.3, -0.25) is 9.69 Å². The molecule has 0 bridgehead atoms. The highest BCUT2D eigenvalue weighted by Crippen LogP contribution is 2.13. The SMILES string of the molecule is CCN1CCN([C@H](C)CNC(=O)/C=C/c2c(F)cccc2F)CC1. The molecule has 1 saturated heterocycles. The highest BCUT2D eigenvalue weighted by atomic mass is 19.1. The summed E-state index contributed by atoms with van der Waals surface area (Å²) in [4.78, 5) is 16.6. The Hall–Kier alpha value is -1.79. The molecular formula is C18H25F2N3O. The van der Waals surface area contributed by atoms with E-state index in [1.165, 1.54) is 30.4 Å². The van der Waals surface area contributed by atoms with Crippen molar-refractivity contribution < 1.29 is 13.6 Å². The van der Waals surface area contributed by atoms with Crippen LogP contribution in [0.4, 0.5) is 8.78 Å². The predicted octanol–water partition coefficient (Wildman–Crippen LogP) is 2.12. The van der Waals surface area contributed by atoms with E-state index >= 15 is 0 Å². The number of likely N-dealkylation sites (N-methyl/N-ethyl adjacent to an activating group) is 1. The van der Waals surface area contributed by atoms with E-state index in [4.69, 9.17) is 0 Å². The van der Waals surface area contributed by atoms with E-state index in [0.29, 0.717) is 6.54 Å². The summed E-state index contributed by atoms with van der Waals surface area (Å²) in [5.74, 6) is -1.71. The van der Waals surface area contributed by atoms with Gasteiger partial charge < -0.3 is 10.2 Å². The molecule has 0 saturated carbocycles. The molecule has 1 aromatic carbocycles. The third-order valence-electron chi connectivity index (χ3n) is 4.45. The molecule has 1 aliphatic heterocycles. The first-order valence-corrected chi connectivity index (χ1v) is 8.37. The van der Waals surface area contributed by atoms with Crippen LogP contribution in [-0.2, 0) is 4.79 Å². The van der Waals surface area contributed by atoms with E-state index in [-0.39, 0.29) is 17.5 Å². The van der Waals surface area contributed by atoms with Gasteiger partial charge in [-0.2, -0.15) is 0 Å². The molecule has 4 nitrogen and oxygen atoms in total. The van der Waals surface area contributed by atoms with Crippen LogP contribution in [-0.4, -0.2) is 61.0 Å². The zero-order valence-corrected chi connectivity index (χ0v) is 14.3. The maximum absolute atomic E-state index is 13.5. The molecule has 132 valence electrons. The number of carbonyl (C=O) groups is 1. The minimum Gasteiger partial charge on any atom is -0.351 e. The van der Waals surface area contributed by atoms with Crippen LogP contribution in [0.15, 0.2) is 24.3 Å². The molecule has 1 N–H and O–H groups in total. The molecule has 0 aliphatic carbocycles. The van der Waals surface area contributed by atoms with E-state index in [2.05, 4.69) is 29.0 Å². The van der Waals surface area contributed by atoms with Gasteiger partial charge in [-0.15, -0.1) is 0 Å². The van der Waals surface area contributed by atoms with Gasteiger partial charge in [0.05, 0.1) is 0 Å². The number of halogens is 2. The minimum atomic E-state index is -0.679. The Bertz CT molecular complexity index is 563. The maximum Gasteiger partial charge on any atom is 0.244 e. The van der Waals surface area contributed by atoms with Crippen molar-refractivity contribution in [2.24, 2.45) is 0 Å². The number of piperazine rings is 1. The van der Waals surface area contributed by atoms with Crippen molar-refractivity contribution in [1.82, 2.24) is 15.1 Å². The van der Waals surface area contributed by atoms with E-state index < -0.39 is 11.6 Å². The Labute approximate surface area is 142 Å². The second-order valence-corrected chi connectivity index (χ2v) is 6.03. The number of nitrogens with zero attached hydrogens (tertiary/aromatic N) is 2. The fourth-order valence-corrected chi connectivity index (χ4v) is 2.79. The number of amides is 1. The zero-order chi connectivity index (χ0) is 17.5. The lowest BCUT2D eigenvalue weighted by atomic mass is 10.2. The second kappa shape index (κ2) is 8.89. The molecule has 1 fully saturated rings. The summed E-state index contributed by atoms with van der Waals surface area (Å²) in [6, 6.07) is 3.85. The topological polar surface area (TPSA) is 35.6 Å². The number of carbonyl (C=O) groups excluding carboxylic acids is 1. The summed E-state index contributed by atoms with van der Waals surface area (Å²) in [5, 5.41) is 2.79. The van der Waals surface area contributed by atoms with Gasteiger partial charge in [0.15, 0.2) is 0 Å². The average molecular weight is 337 g/mol. The molecule has 6 heteroatoms. The molecule has 0 unspecified atom stereocenters. The van der Waals surface area contributed by atoms with E-state index in [9.17, 15) is 13.6 Å². The Morgan fingerprint density at radius 2 is 1.88 bits per heavy atom. The highest BCUT2D eigenvalue weighted by Gasteiger charge is 2.20. The van der Waals surface area contributed by atoms with Crippen LogP contribution in [0.25, 0.3) is 6.08 Å². The van der Waals surface area contributed by atoms with Gasteiger partial charge in [0.1, 0.15) is 11.6 Å². The molecule has 1 atom stereocenters. The van der Waals surface area contributed by atoms with Crippen LogP contribution in [0, 0.1) is 11.6 Å². The van der Waals surface area contributed by atoms with Crippen molar-refractivity contribution in [3.05, 3.63) is 41.5 Å². The van der Waals surface area contributed by atoms with Crippen molar-refractivity contribution >= 4 is 12.0 Å². The Morgan fingerprint density at radius 1 is 1.25 bits per heavy atom. The molecule has 2 rings (SSSR count). The van der Waals surface area contributed by atoms with Crippen LogP contribution >= 0.6 is 0 Å². The summed E-state index contributed by atoms with van der Waals surface area (Å²) >= 11 is 0. The first-order valence-electron chi connectivity index (χ1n) is 8.37. The Balaban J connectivity index is 1.80. The average Bonchev–Trinajstić information content (AvgIpc) is 2.59. The predicted molar refractivity (Wildman–Crippen MR) is 91.6 cm³/mol. The van der Waals surface area contributed by atoms with Crippen molar-refractivity contribution in [1.29, 1.82) is 0 Å². The van der Waals surface area contributed by atoms with Crippen LogP contribution in [0.5, 0.6) is 0 Å². The summed E-state index contributed by atoms with van der Waals surface area (Å²) in [6.07, 6.45) is 2.34. The van der Waals surface area contributed by atoms with Gasteiger partial charge >= 0.3 is 0 Å². The Morgan fingerprint density at radius 3 is 2.46 bits per heavy atom. The summed E-state index contributed by atoms with van der Waals surface area (Å²) in [5.41, 5.74) is -0.198. The monoisotopic (exact) mass is 337 g/mol. The van der Waals surface area contributed by atoms with Gasteiger partial charge in [-0.1, -0.05) is 13.0 Å². The molecule has 0 spiro atoms. The second-order valence-electron chi connectivity index (χ2n) is 6.03. The highest BCUT2D eigenvalue weighted by molar-refractivity contribution is 5.91. The fourth-order valence-electron chi connectivity index (χ4n) is 2.79. The number of nitrogens with one attached hydrogen (secondary N) is 1. The van der Waals surface area contributed by atoms with Crippen LogP contribution < -0.4 is 5.32 Å². The number of hydrogen-bond donors (Lipinski definition) is 1. The third-order valence-corrected chi connectivity index (χ3v) is 4.45. The molecule has 0 aromatic heterocycles. The zero-order valence-electron chi connectivity index (χ0n) is 14.3. The van der Waals surface area contributed by atoms with Gasteiger partial charge in [0.25, 0.3) is 0 Å². The van der Waals surface area contributed by atoms with E-state index in [0.717, 1.165) is 32.7 Å². The van der Waals surface area contributed by atoms with Crippen LogP contribution in [0.1, 0.15) is 19.4 Å². The molecule has 1 aromatic rings. The van der Waals surface area contributed by atoms with Crippen molar-refractivity contribution in [2.75, 3.05) is 39.3 Å². The van der Waals surface area contributed by atoms with Crippen LogP contribution in [0.2, 0.25) is 0 Å². The first-order chi connectivity index (χ1) is 11.5. The molecule has 0 radical (unpaired) electrons. The number of rotatable bonds is 6. The Kier molecular flexibility index (Phi) is 6.87. The molecule has 24 heavy (non-hydrogen) atoms. The van der Waals surface area contributed by atoms with Crippen molar-refractivity contribution in [2.45, 2.75) is 19.9 Å². The minimum absolute atomic E-state index is 0.198. The molecule has 1 aliphatic rings. The normalized spacial score (nSPS) is 18.0. The number of hydrogen-bond acceptors (Lipinski definition) is 3. The quantitative estimate of drug-likeness (QED) is 0.808. The van der Waals surface area contributed by atoms with Crippen molar-refractivity contribution in [3.63, 3.8) is 0 Å². The van der Waals surface area contributed by atoms with Crippen molar-refractivity contribution in [3.8, 4) is 0 Å². The van der Waals surface area contributed by atoms with Gasteiger partial charge in [0.2, 0.25) is 5.91 Å². The van der Waals surface area contributed by atoms with Crippen LogP contribution in [0.3, 0.4) is 0 Å². The smallest absolute Gasteiger partial charge is 0.244 e. The summed E-state index contributed by atoms with van der Waals surface area (Å²) in [6.45, 7) is 9.86. The lowest BCUT2D eigenvalue weighted by Crippen LogP contribution is -2.52. The molecule has 1 heterocycles. The lowest BCUT2D eigenvalue weighted by molar-refractivity contribution is -0.116. The fraction of sp³-hybridized carbons (Fsp3) is 0.500. The maximum atomic E-state index is 13.5. The van der Waals surface area contributed by atoms with Gasteiger partial charge in [0, 0.05) is 50.4 Å². The number of benzene rings is 1.